The molecule has 0 radical (unpaired) electrons. The van der Waals surface area contributed by atoms with Crippen LogP contribution in [0, 0.1) is 0 Å². The van der Waals surface area contributed by atoms with Gasteiger partial charge in [0, 0.05) is 17.4 Å². The van der Waals surface area contributed by atoms with Crippen molar-refractivity contribution in [2.24, 2.45) is 5.84 Å². The molecule has 0 unspecified atom stereocenters. The van der Waals surface area contributed by atoms with E-state index in [4.69, 9.17) is 16.4 Å². The van der Waals surface area contributed by atoms with Crippen LogP contribution >= 0.6 is 11.6 Å². The number of nitrogens with two attached hydrogens (primary N) is 1. The lowest BCUT2D eigenvalue weighted by atomic mass is 10.5. The molecule has 1 aromatic rings. The van der Waals surface area contributed by atoms with Gasteiger partial charge in [0.15, 0.2) is 0 Å². The van der Waals surface area contributed by atoms with Gasteiger partial charge in [-0.05, 0) is 12.1 Å². The average molecular weight is 174 g/mol. The van der Waals surface area contributed by atoms with E-state index in [9.17, 15) is 0 Å². The molecule has 0 atom stereocenters. The maximum atomic E-state index is 8.94. The Kier molecular flexibility index (Phi) is 6.27. The summed E-state index contributed by atoms with van der Waals surface area (Å²) in [7, 11) is 0. The Balaban J connectivity index is 0.000000218. The van der Waals surface area contributed by atoms with Crippen molar-refractivity contribution in [1.29, 1.82) is 0 Å². The zero-order valence-corrected chi connectivity index (χ0v) is 6.45. The molecular weight excluding hydrogens is 166 g/mol. The molecule has 3 N–H and O–H groups in total. The van der Waals surface area contributed by atoms with Crippen LogP contribution in [-0.4, -0.2) is 11.4 Å². The van der Waals surface area contributed by atoms with Gasteiger partial charge in [-0.15, -0.1) is 0 Å². The Morgan fingerprint density at radius 2 is 2.00 bits per heavy atom. The van der Waals surface area contributed by atoms with E-state index >= 15 is 0 Å². The fraction of sp³-hybridized carbons (Fsp3) is 0. The van der Waals surface area contributed by atoms with Crippen LogP contribution in [0.25, 0.3) is 0 Å². The largest absolute Gasteiger partial charge is 0.297 e. The lowest BCUT2D eigenvalue weighted by Crippen LogP contribution is -2.18. The van der Waals surface area contributed by atoms with E-state index in [0.717, 1.165) is 5.02 Å². The second kappa shape index (κ2) is 6.98. The highest BCUT2D eigenvalue weighted by atomic mass is 35.5. The number of rotatable bonds is 1. The first-order chi connectivity index (χ1) is 5.31. The van der Waals surface area contributed by atoms with Gasteiger partial charge in [0.2, 0.25) is 6.41 Å². The number of hydrogen-bond acceptors (Lipinski definition) is 3. The summed E-state index contributed by atoms with van der Waals surface area (Å²) in [5, 5.41) is 0.731. The molecule has 0 aliphatic heterocycles. The van der Waals surface area contributed by atoms with E-state index in [1.807, 2.05) is 0 Å². The molecule has 60 valence electrons. The summed E-state index contributed by atoms with van der Waals surface area (Å²) in [4.78, 5) is 12.7. The lowest BCUT2D eigenvalue weighted by Gasteiger charge is -1.79. The molecule has 0 saturated carbocycles. The highest BCUT2D eigenvalue weighted by Crippen LogP contribution is 2.01. The Hall–Kier alpha value is -1.13. The van der Waals surface area contributed by atoms with Crippen molar-refractivity contribution < 1.29 is 4.79 Å². The van der Waals surface area contributed by atoms with Crippen molar-refractivity contribution in [3.8, 4) is 0 Å². The van der Waals surface area contributed by atoms with Crippen molar-refractivity contribution in [2.75, 3.05) is 0 Å². The SMILES string of the molecule is Clc1ccncc1.NNC=O. The molecule has 1 aromatic heterocycles. The molecule has 4 nitrogen and oxygen atoms in total. The van der Waals surface area contributed by atoms with E-state index in [-0.39, 0.29) is 0 Å². The minimum absolute atomic E-state index is 0.403. The van der Waals surface area contributed by atoms with E-state index < -0.39 is 0 Å². The summed E-state index contributed by atoms with van der Waals surface area (Å²) >= 11 is 5.50. The normalized spacial score (nSPS) is 7.45. The van der Waals surface area contributed by atoms with Crippen LogP contribution in [0.1, 0.15) is 0 Å². The van der Waals surface area contributed by atoms with Crippen LogP contribution in [-0.2, 0) is 4.79 Å². The summed E-state index contributed by atoms with van der Waals surface area (Å²) in [5.41, 5.74) is 1.75. The minimum atomic E-state index is 0.403. The molecule has 1 rings (SSSR count). The smallest absolute Gasteiger partial charge is 0.221 e. The standard InChI is InChI=1S/C5H4ClN.CH4N2O/c6-5-1-3-7-4-2-5;2-3-1-4/h1-4H;1H,2H2,(H,3,4). The van der Waals surface area contributed by atoms with Crippen LogP contribution in [0.15, 0.2) is 24.5 Å². The molecule has 5 heteroatoms. The van der Waals surface area contributed by atoms with Crippen molar-refractivity contribution in [3.05, 3.63) is 29.5 Å². The third-order valence-electron chi connectivity index (χ3n) is 0.708. The Morgan fingerprint density at radius 3 is 2.18 bits per heavy atom. The molecule has 0 bridgehead atoms. The predicted octanol–water partition coefficient (Wildman–Crippen LogP) is 0.341. The van der Waals surface area contributed by atoms with Gasteiger partial charge in [-0.3, -0.25) is 15.2 Å². The van der Waals surface area contributed by atoms with Gasteiger partial charge in [0.1, 0.15) is 0 Å². The maximum absolute atomic E-state index is 8.94. The first kappa shape index (κ1) is 9.87. The fourth-order valence-electron chi connectivity index (χ4n) is 0.334. The zero-order valence-electron chi connectivity index (χ0n) is 5.70. The molecule has 1 amide bonds. The van der Waals surface area contributed by atoms with E-state index in [0.29, 0.717) is 6.41 Å². The predicted molar refractivity (Wildman–Crippen MR) is 42.6 cm³/mol. The number of nitrogens with zero attached hydrogens (tertiary/aromatic N) is 1. The monoisotopic (exact) mass is 173 g/mol. The van der Waals surface area contributed by atoms with Crippen LogP contribution < -0.4 is 11.3 Å². The third kappa shape index (κ3) is 6.76. The number of hydrazine groups is 1. The molecule has 0 aromatic carbocycles. The molecular formula is C6H8ClN3O. The highest BCUT2D eigenvalue weighted by Gasteiger charge is 1.75. The summed E-state index contributed by atoms with van der Waals surface area (Å²) < 4.78 is 0. The van der Waals surface area contributed by atoms with Crippen LogP contribution in [0.3, 0.4) is 0 Å². The highest BCUT2D eigenvalue weighted by molar-refractivity contribution is 6.30. The number of nitrogens with one attached hydrogen (secondary N) is 1. The number of carbonyl (C=O) groups excluding carboxylic acids is 1. The molecule has 11 heavy (non-hydrogen) atoms. The van der Waals surface area contributed by atoms with E-state index in [1.54, 1.807) is 30.0 Å². The second-order valence-electron chi connectivity index (χ2n) is 1.45. The fourth-order valence-corrected chi connectivity index (χ4v) is 0.446. The Morgan fingerprint density at radius 1 is 1.55 bits per heavy atom. The van der Waals surface area contributed by atoms with Gasteiger partial charge in [0.25, 0.3) is 0 Å². The van der Waals surface area contributed by atoms with Gasteiger partial charge in [0.05, 0.1) is 0 Å². The Labute approximate surface area is 69.3 Å². The molecule has 0 saturated heterocycles. The summed E-state index contributed by atoms with van der Waals surface area (Å²) in [6.07, 6.45) is 3.71. The number of aromatic nitrogens is 1. The van der Waals surface area contributed by atoms with Crippen molar-refractivity contribution in [1.82, 2.24) is 10.4 Å². The van der Waals surface area contributed by atoms with Gasteiger partial charge >= 0.3 is 0 Å². The van der Waals surface area contributed by atoms with Gasteiger partial charge in [-0.25, -0.2) is 5.84 Å². The zero-order chi connectivity index (χ0) is 8.53. The second-order valence-corrected chi connectivity index (χ2v) is 1.89. The molecule has 0 aliphatic carbocycles. The number of halogens is 1. The van der Waals surface area contributed by atoms with Crippen molar-refractivity contribution in [2.45, 2.75) is 0 Å². The summed E-state index contributed by atoms with van der Waals surface area (Å²) in [6.45, 7) is 0. The molecule has 1 heterocycles. The topological polar surface area (TPSA) is 68.0 Å². The Bertz CT molecular complexity index is 192. The van der Waals surface area contributed by atoms with Gasteiger partial charge < -0.3 is 0 Å². The summed E-state index contributed by atoms with van der Waals surface area (Å²) in [5.74, 6) is 4.41. The van der Waals surface area contributed by atoms with E-state index in [2.05, 4.69) is 10.8 Å². The number of hydrogen-bond donors (Lipinski definition) is 2. The van der Waals surface area contributed by atoms with Crippen LogP contribution in [0.4, 0.5) is 0 Å². The third-order valence-corrected chi connectivity index (χ3v) is 0.960. The quantitative estimate of drug-likeness (QED) is 0.279. The van der Waals surface area contributed by atoms with Gasteiger partial charge in [-0.2, -0.15) is 0 Å². The first-order valence-electron chi connectivity index (χ1n) is 2.76. The average Bonchev–Trinajstić information content (AvgIpc) is 2.07. The lowest BCUT2D eigenvalue weighted by molar-refractivity contribution is -0.109. The number of amides is 1. The molecule has 0 aliphatic rings. The van der Waals surface area contributed by atoms with Gasteiger partial charge in [-0.1, -0.05) is 11.6 Å². The minimum Gasteiger partial charge on any atom is -0.297 e. The number of pyridine rings is 1. The maximum Gasteiger partial charge on any atom is 0.221 e. The molecule has 0 fully saturated rings. The molecule has 0 spiro atoms. The first-order valence-corrected chi connectivity index (χ1v) is 3.14. The van der Waals surface area contributed by atoms with E-state index in [1.165, 1.54) is 0 Å². The number of carbonyl (C=O) groups is 1. The van der Waals surface area contributed by atoms with Crippen molar-refractivity contribution >= 4 is 18.0 Å². The van der Waals surface area contributed by atoms with Crippen LogP contribution in [0.2, 0.25) is 5.02 Å². The van der Waals surface area contributed by atoms with Crippen molar-refractivity contribution in [3.63, 3.8) is 0 Å². The summed E-state index contributed by atoms with van der Waals surface area (Å²) in [6, 6.07) is 3.48. The van der Waals surface area contributed by atoms with Crippen LogP contribution in [0.5, 0.6) is 0 Å².